The largest absolute Gasteiger partial charge is 0.478 e. The molecule has 1 N–H and O–H groups in total. The fourth-order valence-electron chi connectivity index (χ4n) is 2.14. The van der Waals surface area contributed by atoms with Gasteiger partial charge in [-0.25, -0.2) is 4.79 Å². The molecule has 1 saturated heterocycles. The molecule has 0 unspecified atom stereocenters. The van der Waals surface area contributed by atoms with Crippen molar-refractivity contribution in [3.8, 4) is 0 Å². The van der Waals surface area contributed by atoms with Crippen LogP contribution in [0.4, 0.5) is 0 Å². The summed E-state index contributed by atoms with van der Waals surface area (Å²) in [6, 6.07) is 0. The molecule has 92 valence electrons. The van der Waals surface area contributed by atoms with Crippen LogP contribution in [0.1, 0.15) is 12.8 Å². The van der Waals surface area contributed by atoms with Gasteiger partial charge in [-0.15, -0.1) is 0 Å². The lowest BCUT2D eigenvalue weighted by atomic mass is 9.96. The molecule has 0 radical (unpaired) electrons. The average Bonchev–Trinajstić information content (AvgIpc) is 2.21. The standard InChI is InChI=1S/C12H22N2O2/c1-10(12(15)16)8-14(3)9-11-4-6-13(2)7-5-11/h11H,1,4-9H2,2-3H3,(H,15,16). The molecule has 0 aromatic rings. The van der Waals surface area contributed by atoms with Crippen molar-refractivity contribution < 1.29 is 9.90 Å². The molecule has 0 aromatic heterocycles. The normalized spacial score (nSPS) is 18.9. The number of hydrogen-bond donors (Lipinski definition) is 1. The highest BCUT2D eigenvalue weighted by Gasteiger charge is 2.18. The quantitative estimate of drug-likeness (QED) is 0.707. The highest BCUT2D eigenvalue weighted by Crippen LogP contribution is 2.16. The molecule has 1 aliphatic heterocycles. The van der Waals surface area contributed by atoms with Gasteiger partial charge in [-0.1, -0.05) is 6.58 Å². The first-order valence-corrected chi connectivity index (χ1v) is 5.77. The zero-order chi connectivity index (χ0) is 12.1. The number of rotatable bonds is 5. The van der Waals surface area contributed by atoms with Gasteiger partial charge in [0.15, 0.2) is 0 Å². The Hall–Kier alpha value is -0.870. The van der Waals surface area contributed by atoms with Crippen LogP contribution in [0.3, 0.4) is 0 Å². The number of piperidine rings is 1. The topological polar surface area (TPSA) is 43.8 Å². The maximum atomic E-state index is 10.6. The van der Waals surface area contributed by atoms with Crippen LogP contribution in [0.15, 0.2) is 12.2 Å². The van der Waals surface area contributed by atoms with Crippen LogP contribution >= 0.6 is 0 Å². The summed E-state index contributed by atoms with van der Waals surface area (Å²) >= 11 is 0. The average molecular weight is 226 g/mol. The number of hydrogen-bond acceptors (Lipinski definition) is 3. The number of nitrogens with zero attached hydrogens (tertiary/aromatic N) is 2. The Bertz CT molecular complexity index is 258. The lowest BCUT2D eigenvalue weighted by Crippen LogP contribution is -2.36. The van der Waals surface area contributed by atoms with E-state index in [-0.39, 0.29) is 5.57 Å². The van der Waals surface area contributed by atoms with Crippen LogP contribution in [0.5, 0.6) is 0 Å². The number of carboxylic acids is 1. The second-order valence-electron chi connectivity index (χ2n) is 4.85. The van der Waals surface area contributed by atoms with Crippen LogP contribution in [-0.4, -0.2) is 61.2 Å². The zero-order valence-corrected chi connectivity index (χ0v) is 10.3. The Kier molecular flexibility index (Phi) is 4.96. The molecule has 0 bridgehead atoms. The van der Waals surface area contributed by atoms with Gasteiger partial charge >= 0.3 is 5.97 Å². The minimum Gasteiger partial charge on any atom is -0.478 e. The molecular formula is C12H22N2O2. The van der Waals surface area contributed by atoms with Crippen LogP contribution in [0, 0.1) is 5.92 Å². The summed E-state index contributed by atoms with van der Waals surface area (Å²) < 4.78 is 0. The van der Waals surface area contributed by atoms with Gasteiger partial charge in [-0.2, -0.15) is 0 Å². The smallest absolute Gasteiger partial charge is 0.332 e. The van der Waals surface area contributed by atoms with E-state index >= 15 is 0 Å². The number of carbonyl (C=O) groups is 1. The Morgan fingerprint density at radius 3 is 2.56 bits per heavy atom. The molecular weight excluding hydrogens is 204 g/mol. The molecule has 4 nitrogen and oxygen atoms in total. The van der Waals surface area contributed by atoms with Crippen molar-refractivity contribution in [2.75, 3.05) is 40.3 Å². The molecule has 16 heavy (non-hydrogen) atoms. The molecule has 1 fully saturated rings. The number of likely N-dealkylation sites (tertiary alicyclic amines) is 1. The first-order chi connectivity index (χ1) is 7.49. The Balaban J connectivity index is 2.26. The molecule has 0 spiro atoms. The van der Waals surface area contributed by atoms with E-state index in [0.717, 1.165) is 19.6 Å². The van der Waals surface area contributed by atoms with Crippen molar-refractivity contribution in [3.05, 3.63) is 12.2 Å². The number of carboxylic acid groups (broad SMARTS) is 1. The predicted octanol–water partition coefficient (Wildman–Crippen LogP) is 0.901. The summed E-state index contributed by atoms with van der Waals surface area (Å²) in [5, 5.41) is 8.74. The lowest BCUT2D eigenvalue weighted by Gasteiger charge is -2.31. The molecule has 4 heteroatoms. The van der Waals surface area contributed by atoms with Gasteiger partial charge < -0.3 is 14.9 Å². The van der Waals surface area contributed by atoms with E-state index < -0.39 is 5.97 Å². The summed E-state index contributed by atoms with van der Waals surface area (Å²) in [6.45, 7) is 7.28. The van der Waals surface area contributed by atoms with Gasteiger partial charge in [0.2, 0.25) is 0 Å². The van der Waals surface area contributed by atoms with Gasteiger partial charge in [0, 0.05) is 18.7 Å². The Morgan fingerprint density at radius 1 is 1.50 bits per heavy atom. The van der Waals surface area contributed by atoms with Crippen LogP contribution in [-0.2, 0) is 4.79 Å². The number of aliphatic carboxylic acids is 1. The van der Waals surface area contributed by atoms with Crippen molar-refractivity contribution in [1.29, 1.82) is 0 Å². The first-order valence-electron chi connectivity index (χ1n) is 5.77. The summed E-state index contributed by atoms with van der Waals surface area (Å²) in [5.41, 5.74) is 0.274. The van der Waals surface area contributed by atoms with E-state index in [1.54, 1.807) is 0 Å². The number of likely N-dealkylation sites (N-methyl/N-ethyl adjacent to an activating group) is 1. The van der Waals surface area contributed by atoms with Gasteiger partial charge in [-0.05, 0) is 45.9 Å². The Morgan fingerprint density at radius 2 is 2.06 bits per heavy atom. The third-order valence-corrected chi connectivity index (χ3v) is 3.17. The summed E-state index contributed by atoms with van der Waals surface area (Å²) in [4.78, 5) is 15.0. The molecule has 1 aliphatic rings. The first kappa shape index (κ1) is 13.2. The third kappa shape index (κ3) is 4.33. The molecule has 0 saturated carbocycles. The maximum Gasteiger partial charge on any atom is 0.332 e. The van der Waals surface area contributed by atoms with Gasteiger partial charge in [0.1, 0.15) is 0 Å². The van der Waals surface area contributed by atoms with E-state index in [1.807, 2.05) is 7.05 Å². The van der Waals surface area contributed by atoms with Crippen molar-refractivity contribution in [2.45, 2.75) is 12.8 Å². The van der Waals surface area contributed by atoms with E-state index in [2.05, 4.69) is 23.4 Å². The van der Waals surface area contributed by atoms with Gasteiger partial charge in [0.05, 0.1) is 0 Å². The van der Waals surface area contributed by atoms with Crippen LogP contribution in [0.25, 0.3) is 0 Å². The molecule has 1 rings (SSSR count). The molecule has 0 amide bonds. The van der Waals surface area contributed by atoms with Crippen molar-refractivity contribution in [3.63, 3.8) is 0 Å². The molecule has 0 atom stereocenters. The van der Waals surface area contributed by atoms with Crippen LogP contribution in [0.2, 0.25) is 0 Å². The third-order valence-electron chi connectivity index (χ3n) is 3.17. The highest BCUT2D eigenvalue weighted by molar-refractivity contribution is 5.86. The highest BCUT2D eigenvalue weighted by atomic mass is 16.4. The second-order valence-corrected chi connectivity index (χ2v) is 4.85. The predicted molar refractivity (Wildman–Crippen MR) is 64.5 cm³/mol. The second kappa shape index (κ2) is 6.01. The SMILES string of the molecule is C=C(CN(C)CC1CCN(C)CC1)C(=O)O. The van der Waals surface area contributed by atoms with E-state index in [9.17, 15) is 4.79 Å². The maximum absolute atomic E-state index is 10.6. The zero-order valence-electron chi connectivity index (χ0n) is 10.3. The summed E-state index contributed by atoms with van der Waals surface area (Å²) in [7, 11) is 4.11. The van der Waals surface area contributed by atoms with Gasteiger partial charge in [-0.3, -0.25) is 0 Å². The van der Waals surface area contributed by atoms with Crippen molar-refractivity contribution >= 4 is 5.97 Å². The van der Waals surface area contributed by atoms with E-state index in [1.165, 1.54) is 12.8 Å². The van der Waals surface area contributed by atoms with E-state index in [0.29, 0.717) is 12.5 Å². The van der Waals surface area contributed by atoms with E-state index in [4.69, 9.17) is 5.11 Å². The summed E-state index contributed by atoms with van der Waals surface area (Å²) in [6.07, 6.45) is 2.42. The molecule has 1 heterocycles. The minimum atomic E-state index is -0.893. The minimum absolute atomic E-state index is 0.274. The van der Waals surface area contributed by atoms with Crippen molar-refractivity contribution in [2.24, 2.45) is 5.92 Å². The molecule has 0 aromatic carbocycles. The van der Waals surface area contributed by atoms with Crippen molar-refractivity contribution in [1.82, 2.24) is 9.80 Å². The fraction of sp³-hybridized carbons (Fsp3) is 0.750. The monoisotopic (exact) mass is 226 g/mol. The fourth-order valence-corrected chi connectivity index (χ4v) is 2.14. The summed E-state index contributed by atoms with van der Waals surface area (Å²) in [5.74, 6) is -0.196. The molecule has 0 aliphatic carbocycles. The Labute approximate surface area is 97.5 Å². The lowest BCUT2D eigenvalue weighted by molar-refractivity contribution is -0.132. The van der Waals surface area contributed by atoms with Gasteiger partial charge in [0.25, 0.3) is 0 Å². The van der Waals surface area contributed by atoms with Crippen LogP contribution < -0.4 is 0 Å².